The number of benzene rings is 3. The fourth-order valence-corrected chi connectivity index (χ4v) is 8.42. The van der Waals surface area contributed by atoms with Gasteiger partial charge in [0, 0.05) is 24.2 Å². The summed E-state index contributed by atoms with van der Waals surface area (Å²) in [6.07, 6.45) is 5.33. The van der Waals surface area contributed by atoms with Gasteiger partial charge in [-0.3, -0.25) is 9.69 Å². The maximum Gasteiger partial charge on any atom is 0.271 e. The lowest BCUT2D eigenvalue weighted by molar-refractivity contribution is -0.127. The van der Waals surface area contributed by atoms with Crippen LogP contribution in [0.4, 0.5) is 5.69 Å². The molecule has 1 saturated heterocycles. The van der Waals surface area contributed by atoms with E-state index in [1.807, 2.05) is 30.1 Å². The predicted molar refractivity (Wildman–Crippen MR) is 174 cm³/mol. The zero-order valence-corrected chi connectivity index (χ0v) is 27.7. The van der Waals surface area contributed by atoms with Crippen molar-refractivity contribution in [3.63, 3.8) is 0 Å². The molecule has 2 aliphatic rings. The van der Waals surface area contributed by atoms with Crippen LogP contribution in [-0.4, -0.2) is 63.5 Å². The Morgan fingerprint density at radius 2 is 1.87 bits per heavy atom. The van der Waals surface area contributed by atoms with E-state index >= 15 is 4.79 Å². The van der Waals surface area contributed by atoms with Crippen LogP contribution in [0.1, 0.15) is 60.4 Å². The number of rotatable bonds is 11. The van der Waals surface area contributed by atoms with Crippen molar-refractivity contribution in [2.45, 2.75) is 49.2 Å². The van der Waals surface area contributed by atoms with Crippen LogP contribution in [0.15, 0.2) is 82.4 Å². The Balaban J connectivity index is 1.66. The van der Waals surface area contributed by atoms with E-state index in [2.05, 4.69) is 22.9 Å². The van der Waals surface area contributed by atoms with Gasteiger partial charge in [-0.25, -0.2) is 17.7 Å². The van der Waals surface area contributed by atoms with Crippen molar-refractivity contribution in [2.24, 2.45) is 0 Å². The summed E-state index contributed by atoms with van der Waals surface area (Å²) in [4.78, 5) is 24.1. The molecule has 2 unspecified atom stereocenters. The van der Waals surface area contributed by atoms with E-state index < -0.39 is 27.5 Å². The fraction of sp³-hybridized carbons (Fsp3) is 0.343. The van der Waals surface area contributed by atoms with E-state index in [-0.39, 0.29) is 16.1 Å². The van der Waals surface area contributed by atoms with E-state index in [9.17, 15) is 13.7 Å². The average Bonchev–Trinajstić information content (AvgIpc) is 3.83. The molecule has 2 aliphatic heterocycles. The SMILES string of the molecule is CCCN(C)Cc1ccc(OC)c(C2(N3CCCC3c3ncco3)C(=O)N(S(=O)(=O)c3ccc(OC)cc3)c3ccc(C#N)cc32)c1. The third kappa shape index (κ3) is 5.34. The smallest absolute Gasteiger partial charge is 0.271 e. The topological polar surface area (TPSA) is 129 Å². The summed E-state index contributed by atoms with van der Waals surface area (Å²) in [7, 11) is 0.601. The van der Waals surface area contributed by atoms with Crippen molar-refractivity contribution in [3.05, 3.63) is 101 Å². The molecule has 11 nitrogen and oxygen atoms in total. The Bertz CT molecular complexity index is 1920. The molecule has 6 rings (SSSR count). The highest BCUT2D eigenvalue weighted by Gasteiger charge is 2.62. The van der Waals surface area contributed by atoms with Crippen LogP contribution in [0, 0.1) is 11.3 Å². The number of sulfonamides is 1. The van der Waals surface area contributed by atoms with Crippen molar-refractivity contribution in [1.82, 2.24) is 14.8 Å². The lowest BCUT2D eigenvalue weighted by Crippen LogP contribution is -2.54. The molecule has 3 aromatic carbocycles. The number of carbonyl (C=O) groups is 1. The minimum Gasteiger partial charge on any atom is -0.497 e. The molecule has 0 spiro atoms. The zero-order valence-electron chi connectivity index (χ0n) is 26.8. The van der Waals surface area contributed by atoms with Gasteiger partial charge in [-0.2, -0.15) is 5.26 Å². The molecule has 0 saturated carbocycles. The molecule has 1 amide bonds. The minimum atomic E-state index is -4.45. The first kappa shape index (κ1) is 32.2. The van der Waals surface area contributed by atoms with E-state index in [1.54, 1.807) is 24.4 Å². The lowest BCUT2D eigenvalue weighted by atomic mass is 9.79. The van der Waals surface area contributed by atoms with Crippen LogP contribution in [0.25, 0.3) is 0 Å². The summed E-state index contributed by atoms with van der Waals surface area (Å²) in [5.41, 5.74) is 0.504. The van der Waals surface area contributed by atoms with Gasteiger partial charge < -0.3 is 18.8 Å². The molecular weight excluding hydrogens is 618 g/mol. The van der Waals surface area contributed by atoms with Crippen LogP contribution in [0.5, 0.6) is 11.5 Å². The van der Waals surface area contributed by atoms with Gasteiger partial charge >= 0.3 is 0 Å². The second-order valence-corrected chi connectivity index (χ2v) is 13.6. The number of nitrogens with zero attached hydrogens (tertiary/aromatic N) is 5. The van der Waals surface area contributed by atoms with Crippen LogP contribution in [0.3, 0.4) is 0 Å². The summed E-state index contributed by atoms with van der Waals surface area (Å²) in [6.45, 7) is 4.00. The standard InChI is InChI=1S/C35H37N5O6S/c1-5-17-38(2)23-25-9-15-32(45-4)29(21-25)35(39-18-6-7-31(39)33-37-16-19-46-33)28-20-24(22-36)8-14-30(28)40(34(35)41)47(42,43)27-12-10-26(44-3)11-13-27/h8-16,19-21,31H,5-7,17-18,23H2,1-4H3. The monoisotopic (exact) mass is 655 g/mol. The first-order chi connectivity index (χ1) is 22.7. The highest BCUT2D eigenvalue weighted by atomic mass is 32.2. The van der Waals surface area contributed by atoms with Gasteiger partial charge in [0.05, 0.1) is 48.7 Å². The number of hydrogen-bond acceptors (Lipinski definition) is 10. The van der Waals surface area contributed by atoms with Gasteiger partial charge in [0.25, 0.3) is 15.9 Å². The first-order valence-corrected chi connectivity index (χ1v) is 16.9. The molecule has 244 valence electrons. The molecule has 0 bridgehead atoms. The highest BCUT2D eigenvalue weighted by Crippen LogP contribution is 2.56. The first-order valence-electron chi connectivity index (χ1n) is 15.5. The molecule has 2 atom stereocenters. The number of ether oxygens (including phenoxy) is 2. The number of hydrogen-bond donors (Lipinski definition) is 0. The van der Waals surface area contributed by atoms with E-state index in [4.69, 9.17) is 13.9 Å². The third-order valence-electron chi connectivity index (χ3n) is 8.96. The molecule has 4 aromatic rings. The number of likely N-dealkylation sites (tertiary alicyclic amines) is 1. The Morgan fingerprint density at radius 1 is 1.09 bits per heavy atom. The van der Waals surface area contributed by atoms with E-state index in [0.717, 1.165) is 22.8 Å². The number of carbonyl (C=O) groups excluding carboxylic acids is 1. The van der Waals surface area contributed by atoms with Crippen LogP contribution in [0.2, 0.25) is 0 Å². The fourth-order valence-electron chi connectivity index (χ4n) is 6.96. The second-order valence-electron chi connectivity index (χ2n) is 11.8. The number of nitriles is 1. The summed E-state index contributed by atoms with van der Waals surface area (Å²) in [5.74, 6) is 0.608. The molecule has 12 heteroatoms. The quantitative estimate of drug-likeness (QED) is 0.212. The summed E-state index contributed by atoms with van der Waals surface area (Å²) in [6, 6.07) is 18.0. The van der Waals surface area contributed by atoms with Crippen LogP contribution >= 0.6 is 0 Å². The Morgan fingerprint density at radius 3 is 2.53 bits per heavy atom. The van der Waals surface area contributed by atoms with E-state index in [1.165, 1.54) is 44.7 Å². The normalized spacial score (nSPS) is 19.6. The molecule has 1 fully saturated rings. The Labute approximate surface area is 275 Å². The molecule has 1 aromatic heterocycles. The lowest BCUT2D eigenvalue weighted by Gasteiger charge is -2.41. The van der Waals surface area contributed by atoms with Crippen molar-refractivity contribution >= 4 is 21.6 Å². The summed E-state index contributed by atoms with van der Waals surface area (Å²) >= 11 is 0. The number of oxazole rings is 1. The average molecular weight is 656 g/mol. The van der Waals surface area contributed by atoms with Gasteiger partial charge in [0.1, 0.15) is 17.8 Å². The van der Waals surface area contributed by atoms with Gasteiger partial charge in [-0.1, -0.05) is 13.0 Å². The number of amides is 1. The molecule has 0 aliphatic carbocycles. The Hall–Kier alpha value is -4.70. The number of aromatic nitrogens is 1. The van der Waals surface area contributed by atoms with Crippen molar-refractivity contribution < 1.29 is 27.1 Å². The number of fused-ring (bicyclic) bond motifs is 1. The largest absolute Gasteiger partial charge is 0.497 e. The predicted octanol–water partition coefficient (Wildman–Crippen LogP) is 5.22. The zero-order chi connectivity index (χ0) is 33.3. The minimum absolute atomic E-state index is 0.0784. The number of anilines is 1. The van der Waals surface area contributed by atoms with E-state index in [0.29, 0.717) is 54.4 Å². The molecule has 47 heavy (non-hydrogen) atoms. The van der Waals surface area contributed by atoms with Crippen LogP contribution < -0.4 is 13.8 Å². The molecule has 0 N–H and O–H groups in total. The van der Waals surface area contributed by atoms with Gasteiger partial charge in [0.2, 0.25) is 5.89 Å². The maximum atomic E-state index is 15.5. The van der Waals surface area contributed by atoms with Crippen molar-refractivity contribution in [2.75, 3.05) is 38.7 Å². The summed E-state index contributed by atoms with van der Waals surface area (Å²) < 4.78 is 47.0. The Kier molecular flexibility index (Phi) is 8.80. The summed E-state index contributed by atoms with van der Waals surface area (Å²) in [5, 5.41) is 10.0. The van der Waals surface area contributed by atoms with Gasteiger partial charge in [-0.05, 0) is 93.0 Å². The van der Waals surface area contributed by atoms with Crippen LogP contribution in [-0.2, 0) is 26.9 Å². The third-order valence-corrected chi connectivity index (χ3v) is 10.7. The van der Waals surface area contributed by atoms with Crippen molar-refractivity contribution in [3.8, 4) is 17.6 Å². The maximum absolute atomic E-state index is 15.5. The molecular formula is C35H37N5O6S. The van der Waals surface area contributed by atoms with Gasteiger partial charge in [0.15, 0.2) is 5.54 Å². The number of methoxy groups -OCH3 is 2. The van der Waals surface area contributed by atoms with Crippen molar-refractivity contribution in [1.29, 1.82) is 5.26 Å². The van der Waals surface area contributed by atoms with Gasteiger partial charge in [-0.15, -0.1) is 0 Å². The second kappa shape index (κ2) is 12.8. The molecule has 3 heterocycles. The molecule has 0 radical (unpaired) electrons. The highest BCUT2D eigenvalue weighted by molar-refractivity contribution is 7.93.